The van der Waals surface area contributed by atoms with Gasteiger partial charge in [-0.25, -0.2) is 0 Å². The summed E-state index contributed by atoms with van der Waals surface area (Å²) < 4.78 is 0. The molecule has 0 saturated heterocycles. The molecule has 0 radical (unpaired) electrons. The van der Waals surface area contributed by atoms with Crippen LogP contribution >= 0.6 is 0 Å². The van der Waals surface area contributed by atoms with Crippen molar-refractivity contribution in [1.29, 1.82) is 0 Å². The summed E-state index contributed by atoms with van der Waals surface area (Å²) in [6, 6.07) is 0. The van der Waals surface area contributed by atoms with Gasteiger partial charge in [0.2, 0.25) is 0 Å². The van der Waals surface area contributed by atoms with Crippen LogP contribution in [0.5, 0.6) is 0 Å². The fourth-order valence-corrected chi connectivity index (χ4v) is 1.95. The van der Waals surface area contributed by atoms with Crippen LogP contribution in [0.25, 0.3) is 0 Å². The van der Waals surface area contributed by atoms with E-state index in [0.29, 0.717) is 0 Å². The summed E-state index contributed by atoms with van der Waals surface area (Å²) in [4.78, 5) is 0. The Morgan fingerprint density at radius 2 is 1.28 bits per heavy atom. The molecule has 0 aliphatic rings. The third kappa shape index (κ3) is 11.7. The average molecular weight is 248 g/mol. The summed E-state index contributed by atoms with van der Waals surface area (Å²) in [5.74, 6) is 0. The molecule has 0 unspecified atom stereocenters. The van der Waals surface area contributed by atoms with E-state index in [9.17, 15) is 0 Å². The predicted molar refractivity (Wildman–Crippen MR) is 84.9 cm³/mol. The summed E-state index contributed by atoms with van der Waals surface area (Å²) in [6.45, 7) is 6.66. The molecule has 0 amide bonds. The Hall–Kier alpha value is -0.780. The van der Waals surface area contributed by atoms with Gasteiger partial charge in [-0.15, -0.1) is 0 Å². The Morgan fingerprint density at radius 1 is 0.722 bits per heavy atom. The highest BCUT2D eigenvalue weighted by molar-refractivity contribution is 5.05. The molecule has 0 aliphatic heterocycles. The van der Waals surface area contributed by atoms with E-state index >= 15 is 0 Å². The van der Waals surface area contributed by atoms with Crippen molar-refractivity contribution in [3.8, 4) is 0 Å². The van der Waals surface area contributed by atoms with Crippen LogP contribution in [0.2, 0.25) is 0 Å². The van der Waals surface area contributed by atoms with Crippen molar-refractivity contribution in [3.05, 3.63) is 36.0 Å². The Kier molecular flexibility index (Phi) is 13.7. The van der Waals surface area contributed by atoms with Crippen molar-refractivity contribution in [2.24, 2.45) is 0 Å². The minimum absolute atomic E-state index is 1.16. The van der Waals surface area contributed by atoms with Crippen molar-refractivity contribution in [2.75, 3.05) is 0 Å². The Morgan fingerprint density at radius 3 is 1.72 bits per heavy atom. The van der Waals surface area contributed by atoms with Crippen LogP contribution < -0.4 is 0 Å². The minimum Gasteiger partial charge on any atom is -0.0888 e. The lowest BCUT2D eigenvalue weighted by atomic mass is 10.0. The third-order valence-corrected chi connectivity index (χ3v) is 3.06. The summed E-state index contributed by atoms with van der Waals surface area (Å²) in [5.41, 5.74) is 1.66. The van der Waals surface area contributed by atoms with E-state index in [-0.39, 0.29) is 0 Å². The first-order valence-electron chi connectivity index (χ1n) is 7.83. The van der Waals surface area contributed by atoms with Gasteiger partial charge in [0.15, 0.2) is 0 Å². The first-order chi connectivity index (χ1) is 8.85. The second kappa shape index (κ2) is 14.3. The molecule has 0 heteroatoms. The molecule has 0 aromatic rings. The molecular formula is C18H32. The molecule has 0 heterocycles. The smallest absolute Gasteiger partial charge is 0.0285 e. The first kappa shape index (κ1) is 17.2. The predicted octanol–water partition coefficient (Wildman–Crippen LogP) is 6.60. The highest BCUT2D eigenvalue weighted by Crippen LogP contribution is 2.15. The fraction of sp³-hybridized carbons (Fsp3) is 0.667. The molecule has 0 saturated carbocycles. The molecular weight excluding hydrogens is 216 g/mol. The zero-order valence-corrected chi connectivity index (χ0v) is 12.8. The monoisotopic (exact) mass is 248 g/mol. The Bertz CT molecular complexity index is 223. The SMILES string of the molecule is CCC=CCCC(=CCCCC)CCC=CCC. The summed E-state index contributed by atoms with van der Waals surface area (Å²) in [5, 5.41) is 0. The van der Waals surface area contributed by atoms with Gasteiger partial charge in [-0.3, -0.25) is 0 Å². The largest absolute Gasteiger partial charge is 0.0888 e. The molecule has 0 atom stereocenters. The van der Waals surface area contributed by atoms with Gasteiger partial charge in [0.25, 0.3) is 0 Å². The molecule has 0 nitrogen and oxygen atoms in total. The van der Waals surface area contributed by atoms with Gasteiger partial charge in [0, 0.05) is 0 Å². The van der Waals surface area contributed by atoms with Crippen molar-refractivity contribution in [3.63, 3.8) is 0 Å². The maximum Gasteiger partial charge on any atom is -0.0285 e. The van der Waals surface area contributed by atoms with Gasteiger partial charge >= 0.3 is 0 Å². The second-order valence-electron chi connectivity index (χ2n) is 4.84. The molecule has 18 heavy (non-hydrogen) atoms. The molecule has 0 N–H and O–H groups in total. The maximum absolute atomic E-state index is 2.49. The molecule has 0 aromatic heterocycles. The summed E-state index contributed by atoms with van der Waals surface area (Å²) >= 11 is 0. The van der Waals surface area contributed by atoms with E-state index in [1.807, 2.05) is 0 Å². The standard InChI is InChI=1S/C18H32/c1-4-7-10-13-16-18(15-12-9-6-3)17-14-11-8-5-2/h7-8,10-11,15H,4-6,9,12-14,16-17H2,1-3H3. The van der Waals surface area contributed by atoms with Gasteiger partial charge in [-0.1, -0.05) is 69.6 Å². The zero-order valence-electron chi connectivity index (χ0n) is 12.8. The Labute approximate surface area is 115 Å². The highest BCUT2D eigenvalue weighted by atomic mass is 14.0. The van der Waals surface area contributed by atoms with Crippen molar-refractivity contribution in [1.82, 2.24) is 0 Å². The fourth-order valence-electron chi connectivity index (χ4n) is 1.95. The quantitative estimate of drug-likeness (QED) is 0.285. The zero-order chi connectivity index (χ0) is 13.5. The van der Waals surface area contributed by atoms with Gasteiger partial charge in [-0.2, -0.15) is 0 Å². The molecule has 104 valence electrons. The first-order valence-corrected chi connectivity index (χ1v) is 7.83. The van der Waals surface area contributed by atoms with Gasteiger partial charge in [0.05, 0.1) is 0 Å². The van der Waals surface area contributed by atoms with Crippen LogP contribution in [0.3, 0.4) is 0 Å². The van der Waals surface area contributed by atoms with Gasteiger partial charge in [-0.05, 0) is 44.9 Å². The Balaban J connectivity index is 4.02. The number of hydrogen-bond acceptors (Lipinski definition) is 0. The molecule has 0 spiro atoms. The van der Waals surface area contributed by atoms with E-state index in [4.69, 9.17) is 0 Å². The molecule has 0 aliphatic carbocycles. The van der Waals surface area contributed by atoms with Crippen LogP contribution in [0.15, 0.2) is 36.0 Å². The molecule has 0 bridgehead atoms. The molecule has 0 aromatic carbocycles. The van der Waals surface area contributed by atoms with E-state index < -0.39 is 0 Å². The normalized spacial score (nSPS) is 11.5. The van der Waals surface area contributed by atoms with Crippen LogP contribution in [-0.4, -0.2) is 0 Å². The van der Waals surface area contributed by atoms with Crippen molar-refractivity contribution in [2.45, 2.75) is 78.6 Å². The third-order valence-electron chi connectivity index (χ3n) is 3.06. The van der Waals surface area contributed by atoms with Crippen LogP contribution in [0.4, 0.5) is 0 Å². The average Bonchev–Trinajstić information content (AvgIpc) is 2.39. The van der Waals surface area contributed by atoms with Crippen LogP contribution in [0.1, 0.15) is 78.6 Å². The lowest BCUT2D eigenvalue weighted by Crippen LogP contribution is -1.85. The van der Waals surface area contributed by atoms with E-state index in [0.717, 1.165) is 12.8 Å². The second-order valence-corrected chi connectivity index (χ2v) is 4.84. The lowest BCUT2D eigenvalue weighted by molar-refractivity contribution is 0.787. The number of allylic oxidation sites excluding steroid dienone is 6. The molecule has 0 rings (SSSR count). The summed E-state index contributed by atoms with van der Waals surface area (Å²) in [7, 11) is 0. The minimum atomic E-state index is 1.16. The maximum atomic E-state index is 2.49. The van der Waals surface area contributed by atoms with Gasteiger partial charge < -0.3 is 0 Å². The van der Waals surface area contributed by atoms with Gasteiger partial charge in [0.1, 0.15) is 0 Å². The summed E-state index contributed by atoms with van der Waals surface area (Å²) in [6.07, 6.45) is 22.8. The highest BCUT2D eigenvalue weighted by Gasteiger charge is 1.95. The lowest BCUT2D eigenvalue weighted by Gasteiger charge is -2.05. The van der Waals surface area contributed by atoms with Crippen LogP contribution in [0, 0.1) is 0 Å². The van der Waals surface area contributed by atoms with E-state index in [2.05, 4.69) is 51.2 Å². The number of rotatable bonds is 11. The van der Waals surface area contributed by atoms with E-state index in [1.54, 1.807) is 5.57 Å². The van der Waals surface area contributed by atoms with E-state index in [1.165, 1.54) is 44.9 Å². The van der Waals surface area contributed by atoms with Crippen molar-refractivity contribution >= 4 is 0 Å². The number of unbranched alkanes of at least 4 members (excludes halogenated alkanes) is 2. The molecule has 0 fully saturated rings. The topological polar surface area (TPSA) is 0 Å². The number of hydrogen-bond donors (Lipinski definition) is 0. The van der Waals surface area contributed by atoms with Crippen molar-refractivity contribution < 1.29 is 0 Å². The van der Waals surface area contributed by atoms with Crippen LogP contribution in [-0.2, 0) is 0 Å².